The molecule has 0 spiro atoms. The molecule has 0 aliphatic carbocycles. The summed E-state index contributed by atoms with van der Waals surface area (Å²) in [6.07, 6.45) is -13.9. The molecule has 0 saturated carbocycles. The van der Waals surface area contributed by atoms with Gasteiger partial charge in [0.25, 0.3) is 0 Å². The van der Waals surface area contributed by atoms with Crippen molar-refractivity contribution < 1.29 is 50.0 Å². The molecule has 59 heavy (non-hydrogen) atoms. The van der Waals surface area contributed by atoms with Crippen molar-refractivity contribution in [3.8, 4) is 23.0 Å². The maximum atomic E-state index is 14.3. The van der Waals surface area contributed by atoms with E-state index in [9.17, 15) is 26.3 Å². The van der Waals surface area contributed by atoms with Gasteiger partial charge in [-0.1, -0.05) is 121 Å². The molecule has 0 heterocycles. The third kappa shape index (κ3) is 12.0. The summed E-state index contributed by atoms with van der Waals surface area (Å²) in [6, 6.07) is 43.6. The molecule has 6 aromatic rings. The molecule has 5 nitrogen and oxygen atoms in total. The molecule has 6 rings (SSSR count). The minimum absolute atomic E-state index is 0.137. The second-order valence-electron chi connectivity index (χ2n) is 13.7. The zero-order chi connectivity index (χ0) is 41.8. The predicted molar refractivity (Wildman–Crippen MR) is 214 cm³/mol. The Morgan fingerprint density at radius 3 is 1.08 bits per heavy atom. The highest BCUT2D eigenvalue weighted by Gasteiger charge is 2.37. The van der Waals surface area contributed by atoms with Crippen LogP contribution in [0.25, 0.3) is 0 Å². The molecule has 4 unspecified atom stereocenters. The second kappa shape index (κ2) is 19.7. The van der Waals surface area contributed by atoms with Crippen LogP contribution in [-0.2, 0) is 4.74 Å². The lowest BCUT2D eigenvalue weighted by atomic mass is 9.87. The molecule has 6 aromatic carbocycles. The fourth-order valence-electron chi connectivity index (χ4n) is 6.87. The average molecular weight is 815 g/mol. The van der Waals surface area contributed by atoms with Gasteiger partial charge < -0.3 is 18.9 Å². The van der Waals surface area contributed by atoms with Crippen molar-refractivity contribution >= 4 is 0 Å². The van der Waals surface area contributed by atoms with E-state index in [4.69, 9.17) is 23.7 Å². The van der Waals surface area contributed by atoms with Crippen LogP contribution < -0.4 is 18.9 Å². The van der Waals surface area contributed by atoms with E-state index in [1.165, 1.54) is 0 Å². The summed E-state index contributed by atoms with van der Waals surface area (Å²) >= 11 is 0. The molecule has 0 aliphatic heterocycles. The van der Waals surface area contributed by atoms with Crippen LogP contribution in [0.3, 0.4) is 0 Å². The van der Waals surface area contributed by atoms with Crippen LogP contribution in [0, 0.1) is 0 Å². The molecule has 11 heteroatoms. The van der Waals surface area contributed by atoms with Gasteiger partial charge in [-0.2, -0.15) is 26.3 Å². The maximum absolute atomic E-state index is 14.3. The predicted octanol–water partition coefficient (Wildman–Crippen LogP) is 13.5. The maximum Gasteiger partial charge on any atom is 0.390 e. The third-order valence-corrected chi connectivity index (χ3v) is 9.51. The Hall–Kier alpha value is -5.94. The van der Waals surface area contributed by atoms with Crippen LogP contribution in [0.2, 0.25) is 0 Å². The lowest BCUT2D eigenvalue weighted by Crippen LogP contribution is -2.22. The smallest absolute Gasteiger partial charge is 0.390 e. The molecule has 0 fully saturated rings. The van der Waals surface area contributed by atoms with Gasteiger partial charge in [0, 0.05) is 34.1 Å². The summed E-state index contributed by atoms with van der Waals surface area (Å²) in [7, 11) is 0. The van der Waals surface area contributed by atoms with E-state index < -0.39 is 49.6 Å². The SMILES string of the molecule is CCOc1ccc(C(CC(F)(F)F)c2ccccc2OC(OC(Oc2ccccc2C(CC(F)(F)F)c2ccc(OCC)cc2)c2ccccc2)c2ccccc2)cc1. The topological polar surface area (TPSA) is 46.2 Å². The lowest BCUT2D eigenvalue weighted by Gasteiger charge is -2.30. The monoisotopic (exact) mass is 814 g/mol. The van der Waals surface area contributed by atoms with Gasteiger partial charge in [-0.25, -0.2) is 0 Å². The number of rotatable bonds is 18. The number of hydrogen-bond donors (Lipinski definition) is 0. The van der Waals surface area contributed by atoms with Gasteiger partial charge in [0.05, 0.1) is 26.1 Å². The van der Waals surface area contributed by atoms with Gasteiger partial charge in [-0.3, -0.25) is 4.74 Å². The van der Waals surface area contributed by atoms with Crippen molar-refractivity contribution in [1.82, 2.24) is 0 Å². The molecule has 0 N–H and O–H groups in total. The lowest BCUT2D eigenvalue weighted by molar-refractivity contribution is -0.193. The fraction of sp³-hybridized carbons (Fsp3) is 0.250. The minimum atomic E-state index is -4.53. The van der Waals surface area contributed by atoms with Crippen LogP contribution in [0.1, 0.15) is 84.5 Å². The van der Waals surface area contributed by atoms with Gasteiger partial charge >= 0.3 is 12.4 Å². The van der Waals surface area contributed by atoms with Crippen LogP contribution in [0.15, 0.2) is 158 Å². The summed E-state index contributed by atoms with van der Waals surface area (Å²) in [6.45, 7) is 4.44. The van der Waals surface area contributed by atoms with Crippen LogP contribution in [0.5, 0.6) is 23.0 Å². The Morgan fingerprint density at radius 1 is 0.407 bits per heavy atom. The number of benzene rings is 6. The Bertz CT molecular complexity index is 2020. The third-order valence-electron chi connectivity index (χ3n) is 9.51. The summed E-state index contributed by atoms with van der Waals surface area (Å²) in [5, 5.41) is 0. The van der Waals surface area contributed by atoms with E-state index >= 15 is 0 Å². The Morgan fingerprint density at radius 2 is 0.746 bits per heavy atom. The van der Waals surface area contributed by atoms with Gasteiger partial charge in [0.2, 0.25) is 12.6 Å². The van der Waals surface area contributed by atoms with Crippen molar-refractivity contribution in [1.29, 1.82) is 0 Å². The van der Waals surface area contributed by atoms with Crippen molar-refractivity contribution in [3.63, 3.8) is 0 Å². The molecule has 308 valence electrons. The second-order valence-corrected chi connectivity index (χ2v) is 13.7. The highest BCUT2D eigenvalue weighted by Crippen LogP contribution is 2.44. The minimum Gasteiger partial charge on any atom is -0.494 e. The van der Waals surface area contributed by atoms with E-state index in [0.717, 1.165) is 0 Å². The number of alkyl halides is 6. The van der Waals surface area contributed by atoms with E-state index in [1.807, 2.05) is 13.8 Å². The number of para-hydroxylation sites is 2. The number of hydrogen-bond acceptors (Lipinski definition) is 5. The average Bonchev–Trinajstić information content (AvgIpc) is 3.23. The van der Waals surface area contributed by atoms with Gasteiger partial charge in [-0.05, 0) is 61.4 Å². The largest absolute Gasteiger partial charge is 0.494 e. The van der Waals surface area contributed by atoms with Crippen LogP contribution >= 0.6 is 0 Å². The highest BCUT2D eigenvalue weighted by molar-refractivity contribution is 5.45. The van der Waals surface area contributed by atoms with E-state index in [0.29, 0.717) is 47.0 Å². The first kappa shape index (κ1) is 42.7. The van der Waals surface area contributed by atoms with E-state index in [-0.39, 0.29) is 22.6 Å². The summed E-state index contributed by atoms with van der Waals surface area (Å²) in [5.74, 6) is -0.974. The normalized spacial score (nSPS) is 13.8. The molecule has 4 atom stereocenters. The first-order valence-electron chi connectivity index (χ1n) is 19.3. The Labute approximate surface area is 340 Å². The summed E-state index contributed by atoms with van der Waals surface area (Å²) < 4.78 is 117. The Balaban J connectivity index is 1.39. The standard InChI is InChI=1S/C48H44F6O5/c1-3-55-37-27-23-33(24-28-37)41(31-47(49,50)51)39-19-11-13-21-43(39)57-45(35-15-7-5-8-16-35)59-46(36-17-9-6-10-18-36)58-44-22-14-12-20-40(44)42(32-48(52,53)54)34-25-29-38(30-26-34)56-4-2/h5-30,41-42,45-46H,3-4,31-32H2,1-2H3. The highest BCUT2D eigenvalue weighted by atomic mass is 19.4. The quantitative estimate of drug-likeness (QED) is 0.0639. The molecule has 0 amide bonds. The number of halogens is 6. The van der Waals surface area contributed by atoms with Crippen LogP contribution in [-0.4, -0.2) is 25.6 Å². The van der Waals surface area contributed by atoms with Crippen molar-refractivity contribution in [2.45, 2.75) is 63.5 Å². The molecule has 0 saturated heterocycles. The fourth-order valence-corrected chi connectivity index (χ4v) is 6.87. The number of ether oxygens (including phenoxy) is 5. The first-order chi connectivity index (χ1) is 28.4. The van der Waals surface area contributed by atoms with E-state index in [1.54, 1.807) is 158 Å². The molecular weight excluding hydrogens is 771 g/mol. The molecular formula is C48H44F6O5. The van der Waals surface area contributed by atoms with Crippen molar-refractivity contribution in [3.05, 3.63) is 191 Å². The molecule has 0 aromatic heterocycles. The zero-order valence-corrected chi connectivity index (χ0v) is 32.5. The van der Waals surface area contributed by atoms with Crippen LogP contribution in [0.4, 0.5) is 26.3 Å². The summed E-state index contributed by atoms with van der Waals surface area (Å²) in [4.78, 5) is 0. The molecule has 0 aliphatic rings. The molecule has 0 bridgehead atoms. The van der Waals surface area contributed by atoms with Crippen molar-refractivity contribution in [2.24, 2.45) is 0 Å². The Kier molecular flexibility index (Phi) is 14.2. The van der Waals surface area contributed by atoms with Gasteiger partial charge in [-0.15, -0.1) is 0 Å². The summed E-state index contributed by atoms with van der Waals surface area (Å²) in [5.41, 5.74) is 2.37. The van der Waals surface area contributed by atoms with Crippen molar-refractivity contribution in [2.75, 3.05) is 13.2 Å². The molecule has 0 radical (unpaired) electrons. The first-order valence-corrected chi connectivity index (χ1v) is 19.3. The van der Waals surface area contributed by atoms with E-state index in [2.05, 4.69) is 0 Å². The zero-order valence-electron chi connectivity index (χ0n) is 32.5. The van der Waals surface area contributed by atoms with Gasteiger partial charge in [0.1, 0.15) is 23.0 Å². The van der Waals surface area contributed by atoms with Gasteiger partial charge in [0.15, 0.2) is 0 Å².